The zero-order chi connectivity index (χ0) is 21.0. The van der Waals surface area contributed by atoms with Gasteiger partial charge in [-0.25, -0.2) is 23.5 Å². The van der Waals surface area contributed by atoms with Gasteiger partial charge in [0.05, 0.1) is 19.3 Å². The van der Waals surface area contributed by atoms with E-state index in [4.69, 9.17) is 5.11 Å². The van der Waals surface area contributed by atoms with E-state index in [2.05, 4.69) is 40.8 Å². The van der Waals surface area contributed by atoms with Gasteiger partial charge in [-0.15, -0.1) is 0 Å². The molecule has 7 nitrogen and oxygen atoms in total. The van der Waals surface area contributed by atoms with E-state index in [1.165, 1.54) is 0 Å². The zero-order valence-electron chi connectivity index (χ0n) is 15.2. The van der Waals surface area contributed by atoms with Gasteiger partial charge < -0.3 is 20.1 Å². The Morgan fingerprint density at radius 2 is 1.85 bits per heavy atom. The first-order chi connectivity index (χ1) is 12.1. The van der Waals surface area contributed by atoms with Crippen LogP contribution in [0.5, 0.6) is 5.88 Å². The summed E-state index contributed by atoms with van der Waals surface area (Å²) in [7, 11) is 1.96. The summed E-state index contributed by atoms with van der Waals surface area (Å²) in [6.07, 6.45) is -3.92. The number of halogens is 5. The Kier molecular flexibility index (Phi) is 6.92. The lowest BCUT2D eigenvalue weighted by molar-refractivity contribution is -0.154. The largest absolute Gasteiger partial charge is 0.476 e. The molecule has 0 atom stereocenters. The molecule has 2 heterocycles. The number of carbonyl (C=O) groups is 1. The molecule has 12 heteroatoms. The minimum atomic E-state index is -4.68. The predicted octanol–water partition coefficient (Wildman–Crippen LogP) is 2.58. The normalized spacial score (nSPS) is 16.1. The van der Waals surface area contributed by atoms with Crippen LogP contribution in [0.15, 0.2) is 6.20 Å². The summed E-state index contributed by atoms with van der Waals surface area (Å²) in [6.45, 7) is 3.15. The van der Waals surface area contributed by atoms with Crippen LogP contribution in [0.4, 0.5) is 27.8 Å². The van der Waals surface area contributed by atoms with Crippen molar-refractivity contribution in [2.24, 2.45) is 0 Å². The lowest BCUT2D eigenvalue weighted by Gasteiger charge is -2.39. The maximum Gasteiger partial charge on any atom is 0.422 e. The molecule has 0 unspecified atom stereocenters. The summed E-state index contributed by atoms with van der Waals surface area (Å²) < 4.78 is 66.3. The average Bonchev–Trinajstić information content (AvgIpc) is 2.49. The van der Waals surface area contributed by atoms with Crippen molar-refractivity contribution in [1.29, 1.82) is 0 Å². The Hall–Kier alpha value is -2.24. The maximum atomic E-state index is 12.8. The van der Waals surface area contributed by atoms with Crippen LogP contribution in [0.25, 0.3) is 0 Å². The molecule has 0 radical (unpaired) electrons. The second kappa shape index (κ2) is 8.19. The average molecular weight is 400 g/mol. The summed E-state index contributed by atoms with van der Waals surface area (Å²) in [5.74, 6) is -5.60. The maximum absolute atomic E-state index is 12.8. The third-order valence-corrected chi connectivity index (χ3v) is 3.21. The van der Waals surface area contributed by atoms with Crippen LogP contribution in [0.1, 0.15) is 31.3 Å². The standard InChI is InChI=1S/C10H8F5N3O3.C5H13N/c11-9(12)2-18(3-9)6-7(21-4-10(13,14)15)17-5(1-16-6)8(19)20;1-5(2,3)6-4/h1H,2-4H2,(H,19,20);6H,1-4H3. The van der Waals surface area contributed by atoms with Crippen LogP contribution in [0.2, 0.25) is 0 Å². The molecule has 0 bridgehead atoms. The van der Waals surface area contributed by atoms with Gasteiger partial charge in [-0.1, -0.05) is 0 Å². The fourth-order valence-electron chi connectivity index (χ4n) is 1.59. The van der Waals surface area contributed by atoms with Crippen LogP contribution in [0.3, 0.4) is 0 Å². The Labute approximate surface area is 152 Å². The van der Waals surface area contributed by atoms with Gasteiger partial charge in [0.2, 0.25) is 0 Å². The topological polar surface area (TPSA) is 87.6 Å². The zero-order valence-corrected chi connectivity index (χ0v) is 15.2. The van der Waals surface area contributed by atoms with Crippen molar-refractivity contribution in [3.63, 3.8) is 0 Å². The van der Waals surface area contributed by atoms with Crippen molar-refractivity contribution in [2.75, 3.05) is 31.6 Å². The summed E-state index contributed by atoms with van der Waals surface area (Å²) in [5.41, 5.74) is -0.358. The lowest BCUT2D eigenvalue weighted by Crippen LogP contribution is -2.56. The Morgan fingerprint density at radius 1 is 1.33 bits per heavy atom. The molecule has 0 amide bonds. The van der Waals surface area contributed by atoms with Crippen molar-refractivity contribution in [1.82, 2.24) is 15.3 Å². The van der Waals surface area contributed by atoms with Gasteiger partial charge in [-0.05, 0) is 27.8 Å². The predicted molar refractivity (Wildman–Crippen MR) is 86.5 cm³/mol. The van der Waals surface area contributed by atoms with Gasteiger partial charge in [-0.2, -0.15) is 13.2 Å². The fourth-order valence-corrected chi connectivity index (χ4v) is 1.59. The molecule has 1 aliphatic rings. The number of carboxylic acid groups (broad SMARTS) is 1. The van der Waals surface area contributed by atoms with Crippen molar-refractivity contribution in [2.45, 2.75) is 38.4 Å². The van der Waals surface area contributed by atoms with E-state index in [1.807, 2.05) is 7.05 Å². The van der Waals surface area contributed by atoms with E-state index < -0.39 is 49.3 Å². The first-order valence-electron chi connectivity index (χ1n) is 7.75. The Bertz CT molecular complexity index is 654. The molecule has 154 valence electrons. The molecule has 0 saturated carbocycles. The number of nitrogens with one attached hydrogen (secondary N) is 1. The highest BCUT2D eigenvalue weighted by molar-refractivity contribution is 5.85. The van der Waals surface area contributed by atoms with E-state index in [0.29, 0.717) is 5.54 Å². The van der Waals surface area contributed by atoms with Crippen LogP contribution < -0.4 is 15.0 Å². The molecule has 1 aromatic rings. The molecule has 27 heavy (non-hydrogen) atoms. The number of ether oxygens (including phenoxy) is 1. The first kappa shape index (κ1) is 22.8. The van der Waals surface area contributed by atoms with E-state index in [0.717, 1.165) is 11.1 Å². The van der Waals surface area contributed by atoms with Crippen LogP contribution in [-0.2, 0) is 0 Å². The van der Waals surface area contributed by atoms with Crippen molar-refractivity contribution in [3.05, 3.63) is 11.9 Å². The minimum absolute atomic E-state index is 0.292. The fraction of sp³-hybridized carbons (Fsp3) is 0.667. The molecule has 1 aliphatic heterocycles. The molecule has 0 spiro atoms. The van der Waals surface area contributed by atoms with Gasteiger partial charge in [0.15, 0.2) is 18.1 Å². The molecule has 1 saturated heterocycles. The number of carboxylic acids is 1. The molecule has 2 N–H and O–H groups in total. The van der Waals surface area contributed by atoms with Crippen molar-refractivity contribution >= 4 is 11.8 Å². The van der Waals surface area contributed by atoms with Gasteiger partial charge in [0.1, 0.15) is 0 Å². The first-order valence-corrected chi connectivity index (χ1v) is 7.75. The highest BCUT2D eigenvalue weighted by Crippen LogP contribution is 2.35. The SMILES string of the molecule is CNC(C)(C)C.O=C(O)c1cnc(N2CC(F)(F)C2)c(OCC(F)(F)F)n1. The number of hydrogen-bond donors (Lipinski definition) is 2. The van der Waals surface area contributed by atoms with Crippen molar-refractivity contribution in [3.8, 4) is 5.88 Å². The second-order valence-corrected chi connectivity index (χ2v) is 6.81. The number of nitrogens with zero attached hydrogens (tertiary/aromatic N) is 3. The highest BCUT2D eigenvalue weighted by atomic mass is 19.4. The summed E-state index contributed by atoms with van der Waals surface area (Å²) in [6, 6.07) is 0. The molecule has 1 fully saturated rings. The van der Waals surface area contributed by atoms with Gasteiger partial charge in [0, 0.05) is 5.54 Å². The summed E-state index contributed by atoms with van der Waals surface area (Å²) in [4.78, 5) is 18.6. The van der Waals surface area contributed by atoms with Crippen LogP contribution in [-0.4, -0.2) is 65.4 Å². The molecular formula is C15H21F5N4O3. The number of aromatic nitrogens is 2. The van der Waals surface area contributed by atoms with Crippen molar-refractivity contribution < 1.29 is 36.6 Å². The van der Waals surface area contributed by atoms with Gasteiger partial charge in [0.25, 0.3) is 11.8 Å². The van der Waals surface area contributed by atoms with Gasteiger partial charge in [-0.3, -0.25) is 0 Å². The number of rotatable bonds is 4. The minimum Gasteiger partial charge on any atom is -0.476 e. The van der Waals surface area contributed by atoms with Crippen LogP contribution >= 0.6 is 0 Å². The molecule has 0 aromatic carbocycles. The van der Waals surface area contributed by atoms with E-state index in [1.54, 1.807) is 0 Å². The van der Waals surface area contributed by atoms with E-state index in [-0.39, 0.29) is 5.82 Å². The molecule has 0 aliphatic carbocycles. The number of anilines is 1. The summed E-state index contributed by atoms with van der Waals surface area (Å²) in [5, 5.41) is 11.8. The smallest absolute Gasteiger partial charge is 0.422 e. The Balaban J connectivity index is 0.000000527. The van der Waals surface area contributed by atoms with E-state index in [9.17, 15) is 26.7 Å². The Morgan fingerprint density at radius 3 is 2.22 bits per heavy atom. The highest BCUT2D eigenvalue weighted by Gasteiger charge is 2.46. The number of alkyl halides is 5. The number of hydrogen-bond acceptors (Lipinski definition) is 6. The monoisotopic (exact) mass is 400 g/mol. The third kappa shape index (κ3) is 7.89. The molecule has 2 rings (SSSR count). The molecule has 1 aromatic heterocycles. The number of aromatic carboxylic acids is 1. The second-order valence-electron chi connectivity index (χ2n) is 6.81. The third-order valence-electron chi connectivity index (χ3n) is 3.21. The van der Waals surface area contributed by atoms with Crippen LogP contribution in [0, 0.1) is 0 Å². The molecular weight excluding hydrogens is 379 g/mol. The summed E-state index contributed by atoms with van der Waals surface area (Å²) >= 11 is 0. The van der Waals surface area contributed by atoms with Gasteiger partial charge >= 0.3 is 12.1 Å². The lowest BCUT2D eigenvalue weighted by atomic mass is 10.1. The van der Waals surface area contributed by atoms with E-state index >= 15 is 0 Å². The quantitative estimate of drug-likeness (QED) is 0.751.